The summed E-state index contributed by atoms with van der Waals surface area (Å²) in [4.78, 5) is 25.5. The van der Waals surface area contributed by atoms with Gasteiger partial charge in [-0.05, 0) is 48.6 Å². The Kier molecular flexibility index (Phi) is 7.75. The van der Waals surface area contributed by atoms with Crippen LogP contribution < -0.4 is 0 Å². The summed E-state index contributed by atoms with van der Waals surface area (Å²) in [5.74, 6) is -0.668. The van der Waals surface area contributed by atoms with Crippen LogP contribution in [-0.2, 0) is 23.2 Å². The first-order chi connectivity index (χ1) is 13.1. The molecule has 1 aliphatic carbocycles. The normalized spacial score (nSPS) is 24.2. The van der Waals surface area contributed by atoms with Gasteiger partial charge in [0.2, 0.25) is 0 Å². The summed E-state index contributed by atoms with van der Waals surface area (Å²) >= 11 is 0. The monoisotopic (exact) mass is 458 g/mol. The van der Waals surface area contributed by atoms with Gasteiger partial charge in [-0.1, -0.05) is 55.4 Å². The minimum atomic E-state index is -2.24. The van der Waals surface area contributed by atoms with Crippen LogP contribution in [0.5, 0.6) is 0 Å². The van der Waals surface area contributed by atoms with Crippen LogP contribution in [0.4, 0.5) is 0 Å². The number of esters is 1. The molecule has 30 heavy (non-hydrogen) atoms. The lowest BCUT2D eigenvalue weighted by Crippen LogP contribution is -2.55. The topological polar surface area (TPSA) is 61.8 Å². The minimum Gasteiger partial charge on any atom is -0.469 e. The summed E-state index contributed by atoms with van der Waals surface area (Å²) in [6.45, 7) is 27.4. The molecule has 1 saturated carbocycles. The molecule has 1 fully saturated rings. The van der Waals surface area contributed by atoms with Gasteiger partial charge in [-0.2, -0.15) is 0 Å². The zero-order valence-corrected chi connectivity index (χ0v) is 23.9. The minimum absolute atomic E-state index is 0.0244. The molecule has 0 bridgehead atoms. The van der Waals surface area contributed by atoms with Crippen molar-refractivity contribution < 1.29 is 23.2 Å². The van der Waals surface area contributed by atoms with Crippen molar-refractivity contribution in [1.82, 2.24) is 0 Å². The number of methoxy groups -OCH3 is 1. The lowest BCUT2D eigenvalue weighted by Gasteiger charge is -2.45. The number of ketones is 1. The van der Waals surface area contributed by atoms with E-state index in [0.29, 0.717) is 0 Å². The Balaban J connectivity index is 3.47. The number of carbonyl (C=O) groups excluding carboxylic acids is 2. The van der Waals surface area contributed by atoms with E-state index in [9.17, 15) is 9.59 Å². The van der Waals surface area contributed by atoms with Gasteiger partial charge >= 0.3 is 5.97 Å². The second kappa shape index (κ2) is 8.45. The quantitative estimate of drug-likeness (QED) is 0.340. The molecule has 4 atom stereocenters. The SMILES string of the molecule is COC(=O)[C@@H]1[C@H]([C@H](O[Si](C)(C)C(C)(C)C)[C@H](O[Si](C)(C)C(C)(C)C)C(C)=O)C1(C)C. The molecule has 0 unspecified atom stereocenters. The first-order valence-electron chi connectivity index (χ1n) is 11.1. The first-order valence-corrected chi connectivity index (χ1v) is 16.9. The largest absolute Gasteiger partial charge is 0.469 e. The molecule has 0 aliphatic heterocycles. The number of hydrogen-bond acceptors (Lipinski definition) is 5. The van der Waals surface area contributed by atoms with E-state index in [2.05, 4.69) is 81.6 Å². The smallest absolute Gasteiger partial charge is 0.309 e. The van der Waals surface area contributed by atoms with Gasteiger partial charge < -0.3 is 13.6 Å². The average Bonchev–Trinajstić information content (AvgIpc) is 3.09. The van der Waals surface area contributed by atoms with E-state index < -0.39 is 28.8 Å². The van der Waals surface area contributed by atoms with Crippen molar-refractivity contribution in [3.63, 3.8) is 0 Å². The molecular formula is C23H46O5Si2. The van der Waals surface area contributed by atoms with Gasteiger partial charge in [0.1, 0.15) is 6.10 Å². The van der Waals surface area contributed by atoms with Crippen molar-refractivity contribution in [1.29, 1.82) is 0 Å². The molecular weight excluding hydrogens is 412 g/mol. The molecule has 1 rings (SSSR count). The van der Waals surface area contributed by atoms with Crippen molar-refractivity contribution >= 4 is 28.4 Å². The predicted octanol–water partition coefficient (Wildman–Crippen LogP) is 5.80. The van der Waals surface area contributed by atoms with Gasteiger partial charge in [-0.3, -0.25) is 9.59 Å². The molecule has 0 saturated heterocycles. The van der Waals surface area contributed by atoms with Crippen molar-refractivity contribution in [2.24, 2.45) is 17.3 Å². The van der Waals surface area contributed by atoms with Gasteiger partial charge in [0.15, 0.2) is 22.4 Å². The Hall–Kier alpha value is -0.506. The van der Waals surface area contributed by atoms with Gasteiger partial charge in [0, 0.05) is 5.92 Å². The van der Waals surface area contributed by atoms with Crippen LogP contribution >= 0.6 is 0 Å². The van der Waals surface area contributed by atoms with Crippen LogP contribution in [0, 0.1) is 17.3 Å². The Labute approximate surface area is 186 Å². The Morgan fingerprint density at radius 1 is 0.867 bits per heavy atom. The summed E-state index contributed by atoms with van der Waals surface area (Å²) < 4.78 is 18.6. The fraction of sp³-hybridized carbons (Fsp3) is 0.913. The molecule has 7 heteroatoms. The number of rotatable bonds is 8. The van der Waals surface area contributed by atoms with Gasteiger partial charge in [-0.15, -0.1) is 0 Å². The maximum absolute atomic E-state index is 12.9. The van der Waals surface area contributed by atoms with Gasteiger partial charge in [-0.25, -0.2) is 0 Å². The van der Waals surface area contributed by atoms with Crippen LogP contribution in [0.25, 0.3) is 0 Å². The van der Waals surface area contributed by atoms with E-state index in [-0.39, 0.29) is 39.1 Å². The summed E-state index contributed by atoms with van der Waals surface area (Å²) in [6.07, 6.45) is -1.14. The van der Waals surface area contributed by atoms with Crippen LogP contribution in [0.3, 0.4) is 0 Å². The molecule has 0 aromatic heterocycles. The third kappa shape index (κ3) is 5.45. The molecule has 5 nitrogen and oxygen atoms in total. The molecule has 176 valence electrons. The Morgan fingerprint density at radius 3 is 1.60 bits per heavy atom. The second-order valence-electron chi connectivity index (χ2n) is 12.6. The number of Topliss-reactive ketones (excluding diaryl/α,β-unsaturated/α-hetero) is 1. The lowest BCUT2D eigenvalue weighted by molar-refractivity contribution is -0.144. The van der Waals surface area contributed by atoms with Crippen LogP contribution in [0.2, 0.25) is 36.3 Å². The van der Waals surface area contributed by atoms with Crippen LogP contribution in [0.1, 0.15) is 62.3 Å². The zero-order valence-electron chi connectivity index (χ0n) is 21.9. The molecule has 0 N–H and O–H groups in total. The standard InChI is InChI=1S/C23H46O5Si2/c1-15(24)18(27-29(11,12)21(2,3)4)19(28-30(13,14)22(5,6)7)16-17(20(25)26-10)23(16,8)9/h16-19H,1-14H3/t16-,17+,18-,19+/m1/s1. The summed E-state index contributed by atoms with van der Waals surface area (Å²) in [5, 5.41) is -0.0631. The van der Waals surface area contributed by atoms with E-state index in [4.69, 9.17) is 13.6 Å². The van der Waals surface area contributed by atoms with Crippen LogP contribution in [0.15, 0.2) is 0 Å². The first kappa shape index (κ1) is 27.5. The van der Waals surface area contributed by atoms with Crippen molar-refractivity contribution in [2.45, 2.75) is 111 Å². The maximum Gasteiger partial charge on any atom is 0.309 e. The highest BCUT2D eigenvalue weighted by molar-refractivity contribution is 6.74. The third-order valence-electron chi connectivity index (χ3n) is 7.88. The Morgan fingerprint density at radius 2 is 1.27 bits per heavy atom. The molecule has 0 amide bonds. The third-order valence-corrected chi connectivity index (χ3v) is 16.8. The highest BCUT2D eigenvalue weighted by atomic mass is 28.4. The number of carbonyl (C=O) groups is 2. The predicted molar refractivity (Wildman–Crippen MR) is 128 cm³/mol. The van der Waals surface area contributed by atoms with Gasteiger partial charge in [0.05, 0.1) is 19.1 Å². The molecule has 0 aromatic rings. The Bertz CT molecular complexity index is 655. The second-order valence-corrected chi connectivity index (χ2v) is 22.1. The van der Waals surface area contributed by atoms with Crippen molar-refractivity contribution in [3.8, 4) is 0 Å². The lowest BCUT2D eigenvalue weighted by atomic mass is 10.00. The van der Waals surface area contributed by atoms with Crippen molar-refractivity contribution in [2.75, 3.05) is 7.11 Å². The van der Waals surface area contributed by atoms with Crippen LogP contribution in [-0.4, -0.2) is 47.7 Å². The van der Waals surface area contributed by atoms with Crippen molar-refractivity contribution in [3.05, 3.63) is 0 Å². The van der Waals surface area contributed by atoms with E-state index in [1.807, 2.05) is 0 Å². The fourth-order valence-corrected chi connectivity index (χ4v) is 6.18. The highest BCUT2D eigenvalue weighted by Gasteiger charge is 2.68. The highest BCUT2D eigenvalue weighted by Crippen LogP contribution is 2.62. The zero-order chi connectivity index (χ0) is 24.1. The van der Waals surface area contributed by atoms with E-state index in [1.54, 1.807) is 6.92 Å². The summed E-state index contributed by atoms with van der Waals surface area (Å²) in [7, 11) is -3.04. The van der Waals surface area contributed by atoms with E-state index in [1.165, 1.54) is 7.11 Å². The molecule has 0 aromatic carbocycles. The number of hydrogen-bond donors (Lipinski definition) is 0. The molecule has 0 heterocycles. The fourth-order valence-electron chi connectivity index (χ4n) is 3.58. The van der Waals surface area contributed by atoms with Gasteiger partial charge in [0.25, 0.3) is 0 Å². The van der Waals surface area contributed by atoms with E-state index in [0.717, 1.165) is 0 Å². The molecule has 0 spiro atoms. The summed E-state index contributed by atoms with van der Waals surface area (Å²) in [5.41, 5.74) is -0.301. The maximum atomic E-state index is 12.9. The average molecular weight is 459 g/mol. The van der Waals surface area contributed by atoms with E-state index >= 15 is 0 Å². The molecule has 1 aliphatic rings. The molecule has 0 radical (unpaired) electrons. The number of ether oxygens (including phenoxy) is 1. The summed E-state index contributed by atoms with van der Waals surface area (Å²) in [6, 6.07) is 0.